The maximum atomic E-state index is 11.7. The van der Waals surface area contributed by atoms with Crippen LogP contribution in [0.4, 0.5) is 0 Å². The summed E-state index contributed by atoms with van der Waals surface area (Å²) in [4.78, 5) is 11.7. The highest BCUT2D eigenvalue weighted by molar-refractivity contribution is 5.78. The normalized spacial score (nSPS) is 25.4. The molecule has 0 radical (unpaired) electrons. The molecule has 104 valence electrons. The van der Waals surface area contributed by atoms with Crippen LogP contribution in [0.15, 0.2) is 11.6 Å². The van der Waals surface area contributed by atoms with E-state index in [9.17, 15) is 4.79 Å². The molecule has 0 saturated carbocycles. The van der Waals surface area contributed by atoms with Crippen LogP contribution in [0.5, 0.6) is 0 Å². The van der Waals surface area contributed by atoms with Gasteiger partial charge >= 0.3 is 0 Å². The zero-order valence-electron chi connectivity index (χ0n) is 12.2. The Labute approximate surface area is 113 Å². The number of allylic oxidation sites excluding steroid dienone is 2. The molecule has 1 aliphatic rings. The Morgan fingerprint density at radius 3 is 2.00 bits per heavy atom. The van der Waals surface area contributed by atoms with Crippen LogP contribution >= 0.6 is 0 Å². The average Bonchev–Trinajstić information content (AvgIpc) is 2.34. The van der Waals surface area contributed by atoms with E-state index in [2.05, 4.69) is 13.0 Å². The molecule has 0 bridgehead atoms. The van der Waals surface area contributed by atoms with Crippen molar-refractivity contribution in [2.24, 2.45) is 0 Å². The Morgan fingerprint density at radius 2 is 1.28 bits per heavy atom. The van der Waals surface area contributed by atoms with Crippen LogP contribution in [-0.2, 0) is 4.79 Å². The van der Waals surface area contributed by atoms with Gasteiger partial charge in [0.15, 0.2) is 0 Å². The molecule has 1 heteroatoms. The molecule has 18 heavy (non-hydrogen) atoms. The van der Waals surface area contributed by atoms with E-state index in [1.165, 1.54) is 56.9 Å². The van der Waals surface area contributed by atoms with Gasteiger partial charge in [0.1, 0.15) is 5.78 Å². The summed E-state index contributed by atoms with van der Waals surface area (Å²) in [5, 5.41) is 0. The molecule has 0 heterocycles. The summed E-state index contributed by atoms with van der Waals surface area (Å²) in [7, 11) is 0. The van der Waals surface area contributed by atoms with E-state index in [-0.39, 0.29) is 0 Å². The molecule has 0 aromatic heterocycles. The quantitative estimate of drug-likeness (QED) is 0.512. The largest absolute Gasteiger partial charge is 0.300 e. The molecule has 0 aromatic rings. The second-order valence-corrected chi connectivity index (χ2v) is 5.81. The van der Waals surface area contributed by atoms with Crippen LogP contribution in [0.3, 0.4) is 0 Å². The van der Waals surface area contributed by atoms with E-state index in [0.29, 0.717) is 5.78 Å². The molecule has 0 atom stereocenters. The van der Waals surface area contributed by atoms with Gasteiger partial charge in [-0.15, -0.1) is 0 Å². The smallest absolute Gasteiger partial charge is 0.132 e. The lowest BCUT2D eigenvalue weighted by Gasteiger charge is -2.05. The van der Waals surface area contributed by atoms with Crippen molar-refractivity contribution in [3.05, 3.63) is 11.6 Å². The Kier molecular flexibility index (Phi) is 8.89. The molecular formula is C17H30O. The van der Waals surface area contributed by atoms with Crippen LogP contribution in [0.25, 0.3) is 0 Å². The fourth-order valence-corrected chi connectivity index (χ4v) is 2.67. The van der Waals surface area contributed by atoms with E-state index in [1.54, 1.807) is 0 Å². The second-order valence-electron chi connectivity index (χ2n) is 5.81. The number of carbonyl (C=O) groups excluding carboxylic acids is 1. The van der Waals surface area contributed by atoms with Crippen molar-refractivity contribution in [1.29, 1.82) is 0 Å². The first-order chi connectivity index (χ1) is 8.79. The van der Waals surface area contributed by atoms with Gasteiger partial charge in [-0.25, -0.2) is 0 Å². The molecule has 1 nitrogen and oxygen atoms in total. The van der Waals surface area contributed by atoms with E-state index in [4.69, 9.17) is 0 Å². The lowest BCUT2D eigenvalue weighted by atomic mass is 10.0. The average molecular weight is 250 g/mol. The van der Waals surface area contributed by atoms with Gasteiger partial charge in [-0.2, -0.15) is 0 Å². The standard InChI is InChI=1S/C17H30O/c1-16-12-9-7-5-3-2-4-6-8-10-14-17(18)15-11-13-16/h12H,2-11,13-15H2,1H3/b16-12+. The van der Waals surface area contributed by atoms with Gasteiger partial charge in [0, 0.05) is 12.8 Å². The molecule has 1 rings (SSSR count). The number of Topliss-reactive ketones (excluding diaryl/α,β-unsaturated/α-hetero) is 1. The Bertz CT molecular complexity index is 252. The van der Waals surface area contributed by atoms with Crippen LogP contribution in [0.1, 0.15) is 90.4 Å². The summed E-state index contributed by atoms with van der Waals surface area (Å²) in [6.45, 7) is 2.22. The molecular weight excluding hydrogens is 220 g/mol. The number of hydrogen-bond acceptors (Lipinski definition) is 1. The van der Waals surface area contributed by atoms with Gasteiger partial charge in [-0.05, 0) is 39.0 Å². The summed E-state index contributed by atoms with van der Waals surface area (Å²) in [5.41, 5.74) is 1.48. The third-order valence-electron chi connectivity index (χ3n) is 3.93. The molecule has 0 amide bonds. The molecule has 0 aliphatic heterocycles. The highest BCUT2D eigenvalue weighted by Gasteiger charge is 2.02. The van der Waals surface area contributed by atoms with Crippen molar-refractivity contribution >= 4 is 5.78 Å². The highest BCUT2D eigenvalue weighted by Crippen LogP contribution is 2.15. The summed E-state index contributed by atoms with van der Waals surface area (Å²) >= 11 is 0. The zero-order valence-corrected chi connectivity index (χ0v) is 12.2. The van der Waals surface area contributed by atoms with Gasteiger partial charge in [0.05, 0.1) is 0 Å². The summed E-state index contributed by atoms with van der Waals surface area (Å²) in [6.07, 6.45) is 18.0. The van der Waals surface area contributed by atoms with Crippen molar-refractivity contribution in [2.45, 2.75) is 90.4 Å². The Hall–Kier alpha value is -0.590. The highest BCUT2D eigenvalue weighted by atomic mass is 16.1. The van der Waals surface area contributed by atoms with Gasteiger partial charge in [0.2, 0.25) is 0 Å². The maximum absolute atomic E-state index is 11.7. The van der Waals surface area contributed by atoms with Gasteiger partial charge in [-0.1, -0.05) is 50.2 Å². The lowest BCUT2D eigenvalue weighted by Crippen LogP contribution is -1.98. The third-order valence-corrected chi connectivity index (χ3v) is 3.93. The van der Waals surface area contributed by atoms with Crippen LogP contribution in [-0.4, -0.2) is 5.78 Å². The summed E-state index contributed by atoms with van der Waals surface area (Å²) in [6, 6.07) is 0. The van der Waals surface area contributed by atoms with Crippen molar-refractivity contribution in [3.8, 4) is 0 Å². The number of carbonyl (C=O) groups is 1. The third kappa shape index (κ3) is 8.49. The number of rotatable bonds is 0. The molecule has 0 spiro atoms. The monoisotopic (exact) mass is 250 g/mol. The minimum Gasteiger partial charge on any atom is -0.300 e. The zero-order chi connectivity index (χ0) is 13.1. The first kappa shape index (κ1) is 15.5. The minimum atomic E-state index is 0.481. The first-order valence-corrected chi connectivity index (χ1v) is 7.96. The fourth-order valence-electron chi connectivity index (χ4n) is 2.67. The predicted molar refractivity (Wildman–Crippen MR) is 78.8 cm³/mol. The van der Waals surface area contributed by atoms with Gasteiger partial charge < -0.3 is 0 Å². The van der Waals surface area contributed by atoms with Crippen LogP contribution in [0.2, 0.25) is 0 Å². The van der Waals surface area contributed by atoms with Crippen molar-refractivity contribution in [1.82, 2.24) is 0 Å². The molecule has 0 N–H and O–H groups in total. The molecule has 0 saturated heterocycles. The van der Waals surface area contributed by atoms with Crippen molar-refractivity contribution in [2.75, 3.05) is 0 Å². The number of ketones is 1. The second kappa shape index (κ2) is 10.3. The predicted octanol–water partition coefficient (Wildman–Crippen LogP) is 5.59. The lowest BCUT2D eigenvalue weighted by molar-refractivity contribution is -0.119. The molecule has 0 aromatic carbocycles. The van der Waals surface area contributed by atoms with Crippen LogP contribution < -0.4 is 0 Å². The van der Waals surface area contributed by atoms with Crippen molar-refractivity contribution in [3.63, 3.8) is 0 Å². The fraction of sp³-hybridized carbons (Fsp3) is 0.824. The van der Waals surface area contributed by atoms with Crippen molar-refractivity contribution < 1.29 is 4.79 Å². The maximum Gasteiger partial charge on any atom is 0.132 e. The first-order valence-electron chi connectivity index (χ1n) is 7.96. The molecule has 1 aliphatic carbocycles. The van der Waals surface area contributed by atoms with E-state index in [1.807, 2.05) is 0 Å². The topological polar surface area (TPSA) is 17.1 Å². The van der Waals surface area contributed by atoms with E-state index < -0.39 is 0 Å². The van der Waals surface area contributed by atoms with E-state index in [0.717, 1.165) is 32.1 Å². The number of hydrogen-bond donors (Lipinski definition) is 0. The Morgan fingerprint density at radius 1 is 0.722 bits per heavy atom. The SMILES string of the molecule is C/C1=C\CCCCCCCCCCC(=O)CCC1. The molecule has 0 fully saturated rings. The summed E-state index contributed by atoms with van der Waals surface area (Å²) in [5.74, 6) is 0.481. The Balaban J connectivity index is 2.29. The van der Waals surface area contributed by atoms with Crippen LogP contribution in [0, 0.1) is 0 Å². The van der Waals surface area contributed by atoms with E-state index >= 15 is 0 Å². The summed E-state index contributed by atoms with van der Waals surface area (Å²) < 4.78 is 0. The van der Waals surface area contributed by atoms with Gasteiger partial charge in [0.25, 0.3) is 0 Å². The minimum absolute atomic E-state index is 0.481. The van der Waals surface area contributed by atoms with Gasteiger partial charge in [-0.3, -0.25) is 4.79 Å². The molecule has 0 unspecified atom stereocenters.